The summed E-state index contributed by atoms with van der Waals surface area (Å²) in [7, 11) is 1.61. The van der Waals surface area contributed by atoms with Crippen LogP contribution in [-0.4, -0.2) is 42.1 Å². The van der Waals surface area contributed by atoms with Crippen LogP contribution in [0, 0.1) is 0 Å². The van der Waals surface area contributed by atoms with E-state index in [9.17, 15) is 9.90 Å². The van der Waals surface area contributed by atoms with Crippen LogP contribution < -0.4 is 0 Å². The van der Waals surface area contributed by atoms with Gasteiger partial charge < -0.3 is 14.6 Å². The highest BCUT2D eigenvalue weighted by Gasteiger charge is 2.24. The van der Waals surface area contributed by atoms with Gasteiger partial charge in [0.15, 0.2) is 0 Å². The van der Waals surface area contributed by atoms with Crippen LogP contribution in [0.1, 0.15) is 47.3 Å². The van der Waals surface area contributed by atoms with Crippen molar-refractivity contribution < 1.29 is 19.4 Å². The van der Waals surface area contributed by atoms with Crippen molar-refractivity contribution in [3.8, 4) is 0 Å². The largest absolute Gasteiger partial charge is 0.475 e. The van der Waals surface area contributed by atoms with Gasteiger partial charge in [-0.1, -0.05) is 37.3 Å². The standard InChI is InChI=1S/C22H26N2O4/c1-15(16-6-4-3-5-7-16)10-19(26)12-18-11-17-13-23-22(28-9-8-27-2)21(17)20(14-25)24-18/h3-7,11,15,25H,8-10,12-14H2,1-2H3/t15-/m0/s1. The van der Waals surface area contributed by atoms with Crippen LogP contribution in [0.5, 0.6) is 0 Å². The number of carbonyl (C=O) groups excluding carboxylic acids is 1. The second-order valence-corrected chi connectivity index (χ2v) is 6.95. The normalized spacial score (nSPS) is 13.8. The van der Waals surface area contributed by atoms with Crippen LogP contribution in [0.4, 0.5) is 0 Å². The topological polar surface area (TPSA) is 81.0 Å². The van der Waals surface area contributed by atoms with Gasteiger partial charge in [-0.2, -0.15) is 0 Å². The fourth-order valence-corrected chi connectivity index (χ4v) is 3.40. The van der Waals surface area contributed by atoms with E-state index in [0.717, 1.165) is 16.7 Å². The van der Waals surface area contributed by atoms with E-state index in [1.165, 1.54) is 0 Å². The molecular formula is C22H26N2O4. The molecule has 1 aromatic heterocycles. The molecule has 0 bridgehead atoms. The molecule has 0 fully saturated rings. The maximum atomic E-state index is 12.6. The monoisotopic (exact) mass is 382 g/mol. The van der Waals surface area contributed by atoms with E-state index in [1.807, 2.05) is 36.4 Å². The van der Waals surface area contributed by atoms with Crippen LogP contribution in [0.25, 0.3) is 0 Å². The molecule has 148 valence electrons. The van der Waals surface area contributed by atoms with Crippen LogP contribution in [0.2, 0.25) is 0 Å². The van der Waals surface area contributed by atoms with E-state index in [4.69, 9.17) is 9.47 Å². The van der Waals surface area contributed by atoms with Gasteiger partial charge in [0, 0.05) is 25.6 Å². The lowest BCUT2D eigenvalue weighted by molar-refractivity contribution is -0.118. The van der Waals surface area contributed by atoms with Crippen molar-refractivity contribution in [1.82, 2.24) is 4.98 Å². The van der Waals surface area contributed by atoms with E-state index >= 15 is 0 Å². The number of rotatable bonds is 9. The lowest BCUT2D eigenvalue weighted by atomic mass is 9.94. The van der Waals surface area contributed by atoms with Gasteiger partial charge in [0.25, 0.3) is 0 Å². The number of pyridine rings is 1. The fraction of sp³-hybridized carbons (Fsp3) is 0.409. The number of Topliss-reactive ketones (excluding diaryl/α,β-unsaturated/α-hetero) is 1. The summed E-state index contributed by atoms with van der Waals surface area (Å²) < 4.78 is 10.6. The van der Waals surface area contributed by atoms with Crippen molar-refractivity contribution in [2.75, 3.05) is 20.3 Å². The summed E-state index contributed by atoms with van der Waals surface area (Å²) in [6, 6.07) is 11.9. The Hall–Kier alpha value is -2.57. The minimum Gasteiger partial charge on any atom is -0.475 e. The Morgan fingerprint density at radius 2 is 2.04 bits per heavy atom. The van der Waals surface area contributed by atoms with Crippen molar-refractivity contribution in [3.63, 3.8) is 0 Å². The lowest BCUT2D eigenvalue weighted by Crippen LogP contribution is -2.15. The maximum absolute atomic E-state index is 12.6. The predicted octanol–water partition coefficient (Wildman–Crippen LogP) is 2.80. The number of nitrogens with zero attached hydrogens (tertiary/aromatic N) is 2. The zero-order valence-corrected chi connectivity index (χ0v) is 16.4. The molecule has 1 aromatic carbocycles. The van der Waals surface area contributed by atoms with E-state index in [2.05, 4.69) is 16.9 Å². The van der Waals surface area contributed by atoms with Crippen molar-refractivity contribution in [2.45, 2.75) is 38.8 Å². The number of ketones is 1. The van der Waals surface area contributed by atoms with Crippen LogP contribution in [-0.2, 0) is 33.8 Å². The quantitative estimate of drug-likeness (QED) is 0.675. The molecular weight excluding hydrogens is 356 g/mol. The van der Waals surface area contributed by atoms with Crippen molar-refractivity contribution >= 4 is 11.7 Å². The minimum absolute atomic E-state index is 0.128. The highest BCUT2D eigenvalue weighted by atomic mass is 16.5. The average Bonchev–Trinajstić information content (AvgIpc) is 3.11. The second kappa shape index (κ2) is 9.57. The maximum Gasteiger partial charge on any atom is 0.218 e. The van der Waals surface area contributed by atoms with Gasteiger partial charge in [0.05, 0.1) is 31.0 Å². The Balaban J connectivity index is 1.68. The van der Waals surface area contributed by atoms with Crippen molar-refractivity contribution in [3.05, 3.63) is 64.5 Å². The zero-order valence-electron chi connectivity index (χ0n) is 16.4. The molecule has 0 aliphatic carbocycles. The first-order chi connectivity index (χ1) is 13.6. The molecule has 2 heterocycles. The number of fused-ring (bicyclic) bond motifs is 1. The Labute approximate surface area is 165 Å². The first-order valence-electron chi connectivity index (χ1n) is 9.48. The van der Waals surface area contributed by atoms with Crippen LogP contribution >= 0.6 is 0 Å². The molecule has 6 nitrogen and oxygen atoms in total. The fourth-order valence-electron chi connectivity index (χ4n) is 3.40. The third-order valence-corrected chi connectivity index (χ3v) is 4.79. The zero-order chi connectivity index (χ0) is 19.9. The molecule has 2 aromatic rings. The van der Waals surface area contributed by atoms with Gasteiger partial charge in [-0.05, 0) is 23.1 Å². The number of aliphatic hydroxyl groups excluding tert-OH is 1. The minimum atomic E-state index is -0.225. The number of aliphatic imine (C=N–C) groups is 1. The number of hydrogen-bond donors (Lipinski definition) is 1. The van der Waals surface area contributed by atoms with E-state index < -0.39 is 0 Å². The molecule has 6 heteroatoms. The molecule has 0 saturated heterocycles. The first kappa shape index (κ1) is 20.2. The second-order valence-electron chi connectivity index (χ2n) is 6.95. The molecule has 3 rings (SSSR count). The summed E-state index contributed by atoms with van der Waals surface area (Å²) in [5.74, 6) is 0.770. The summed E-state index contributed by atoms with van der Waals surface area (Å²) in [4.78, 5) is 21.5. The molecule has 0 saturated carbocycles. The average molecular weight is 382 g/mol. The first-order valence-corrected chi connectivity index (χ1v) is 9.48. The van der Waals surface area contributed by atoms with E-state index in [0.29, 0.717) is 43.5 Å². The summed E-state index contributed by atoms with van der Waals surface area (Å²) in [6.45, 7) is 3.14. The molecule has 28 heavy (non-hydrogen) atoms. The van der Waals surface area contributed by atoms with Crippen molar-refractivity contribution in [2.24, 2.45) is 4.99 Å². The van der Waals surface area contributed by atoms with Gasteiger partial charge in [-0.3, -0.25) is 9.78 Å². The molecule has 1 atom stereocenters. The van der Waals surface area contributed by atoms with Gasteiger partial charge in [-0.15, -0.1) is 0 Å². The number of ether oxygens (including phenoxy) is 2. The SMILES string of the molecule is COCCOC1=NCc2cc(CC(=O)C[C@H](C)c3ccccc3)nc(CO)c21. The summed E-state index contributed by atoms with van der Waals surface area (Å²) in [6.07, 6.45) is 0.705. The highest BCUT2D eigenvalue weighted by molar-refractivity contribution is 5.98. The van der Waals surface area contributed by atoms with Gasteiger partial charge >= 0.3 is 0 Å². The molecule has 0 spiro atoms. The number of benzene rings is 1. The predicted molar refractivity (Wildman–Crippen MR) is 106 cm³/mol. The smallest absolute Gasteiger partial charge is 0.218 e. The number of aromatic nitrogens is 1. The molecule has 1 N–H and O–H groups in total. The molecule has 1 aliphatic heterocycles. The van der Waals surface area contributed by atoms with Crippen LogP contribution in [0.15, 0.2) is 41.4 Å². The number of aliphatic hydroxyl groups is 1. The number of hydrogen-bond acceptors (Lipinski definition) is 6. The third-order valence-electron chi connectivity index (χ3n) is 4.79. The Kier molecular flexibility index (Phi) is 6.90. The van der Waals surface area contributed by atoms with Crippen LogP contribution in [0.3, 0.4) is 0 Å². The highest BCUT2D eigenvalue weighted by Crippen LogP contribution is 2.25. The van der Waals surface area contributed by atoms with E-state index in [1.54, 1.807) is 7.11 Å². The van der Waals surface area contributed by atoms with Gasteiger partial charge in [-0.25, -0.2) is 4.99 Å². The summed E-state index contributed by atoms with van der Waals surface area (Å²) >= 11 is 0. The lowest BCUT2D eigenvalue weighted by Gasteiger charge is -2.13. The van der Waals surface area contributed by atoms with Crippen molar-refractivity contribution in [1.29, 1.82) is 0 Å². The van der Waals surface area contributed by atoms with Gasteiger partial charge in [0.2, 0.25) is 5.90 Å². The Morgan fingerprint density at radius 1 is 1.25 bits per heavy atom. The Morgan fingerprint density at radius 3 is 2.75 bits per heavy atom. The molecule has 0 radical (unpaired) electrons. The number of carbonyl (C=O) groups is 1. The molecule has 0 amide bonds. The molecule has 1 aliphatic rings. The third kappa shape index (κ3) is 4.82. The summed E-state index contributed by atoms with van der Waals surface area (Å²) in [5.41, 5.74) is 4.00. The number of methoxy groups -OCH3 is 1. The Bertz CT molecular complexity index is 849. The van der Waals surface area contributed by atoms with Gasteiger partial charge in [0.1, 0.15) is 12.4 Å². The van der Waals surface area contributed by atoms with E-state index in [-0.39, 0.29) is 24.7 Å². The summed E-state index contributed by atoms with van der Waals surface area (Å²) in [5, 5.41) is 9.76. The molecule has 0 unspecified atom stereocenters.